The number of rotatable bonds is 3. The second-order valence-corrected chi connectivity index (χ2v) is 7.68. The number of ether oxygens (including phenoxy) is 1. The summed E-state index contributed by atoms with van der Waals surface area (Å²) in [6.45, 7) is 6.25. The molecule has 0 spiro atoms. The van der Waals surface area contributed by atoms with Crippen LogP contribution in [0.5, 0.6) is 0 Å². The number of alkyl carbamates (subject to hydrolysis) is 1. The van der Waals surface area contributed by atoms with E-state index in [1.165, 1.54) is 0 Å². The van der Waals surface area contributed by atoms with Gasteiger partial charge in [-0.05, 0) is 39.5 Å². The zero-order chi connectivity index (χ0) is 16.3. The van der Waals surface area contributed by atoms with E-state index in [0.717, 1.165) is 25.7 Å². The molecule has 126 valence electrons. The van der Waals surface area contributed by atoms with Crippen LogP contribution < -0.4 is 5.32 Å². The van der Waals surface area contributed by atoms with Crippen LogP contribution in [-0.2, 0) is 9.53 Å². The Bertz CT molecular complexity index is 422. The molecule has 2 rings (SSSR count). The van der Waals surface area contributed by atoms with Crippen LogP contribution >= 0.6 is 11.6 Å². The first-order valence-corrected chi connectivity index (χ1v) is 8.68. The van der Waals surface area contributed by atoms with Crippen LogP contribution in [0.2, 0.25) is 0 Å². The fraction of sp³-hybridized carbons (Fsp3) is 0.875. The number of halogens is 1. The molecule has 2 amide bonds. The summed E-state index contributed by atoms with van der Waals surface area (Å²) in [5.74, 6) is 0.908. The van der Waals surface area contributed by atoms with Crippen LogP contribution in [0.1, 0.15) is 52.9 Å². The summed E-state index contributed by atoms with van der Waals surface area (Å²) in [4.78, 5) is 26.2. The molecule has 0 radical (unpaired) electrons. The van der Waals surface area contributed by atoms with Gasteiger partial charge in [0, 0.05) is 18.8 Å². The second kappa shape index (κ2) is 7.07. The summed E-state index contributed by atoms with van der Waals surface area (Å²) in [5, 5.41) is 2.97. The molecular weight excluding hydrogens is 304 g/mol. The molecule has 0 aromatic carbocycles. The molecular formula is C16H27ClN2O3. The maximum Gasteiger partial charge on any atom is 0.407 e. The number of hydrogen-bond acceptors (Lipinski definition) is 3. The third-order valence-corrected chi connectivity index (χ3v) is 4.73. The number of nitrogens with one attached hydrogen (secondary N) is 1. The fourth-order valence-electron chi connectivity index (χ4n) is 3.34. The molecule has 0 aromatic rings. The topological polar surface area (TPSA) is 58.6 Å². The quantitative estimate of drug-likeness (QED) is 0.809. The minimum Gasteiger partial charge on any atom is -0.444 e. The number of alkyl halides is 1. The normalized spacial score (nSPS) is 29.5. The molecule has 5 nitrogen and oxygen atoms in total. The zero-order valence-corrected chi connectivity index (χ0v) is 14.5. The third-order valence-electron chi connectivity index (χ3n) is 4.29. The standard InChI is InChI=1S/C16H27ClN2O3/c1-16(2,3)22-15(21)18-12-6-4-5-7-13(12)19-10-11(9-17)8-14(19)20/h11-13H,4-10H2,1-3H3,(H,18,21). The maximum absolute atomic E-state index is 12.2. The van der Waals surface area contributed by atoms with Gasteiger partial charge in [0.15, 0.2) is 0 Å². The first-order valence-electron chi connectivity index (χ1n) is 8.15. The van der Waals surface area contributed by atoms with Gasteiger partial charge in [-0.2, -0.15) is 0 Å². The molecule has 1 aliphatic heterocycles. The van der Waals surface area contributed by atoms with E-state index >= 15 is 0 Å². The molecule has 0 aromatic heterocycles. The van der Waals surface area contributed by atoms with Gasteiger partial charge in [-0.1, -0.05) is 12.8 Å². The highest BCUT2D eigenvalue weighted by Crippen LogP contribution is 2.29. The SMILES string of the molecule is CC(C)(C)OC(=O)NC1CCCCC1N1CC(CCl)CC1=O. The van der Waals surface area contributed by atoms with Crippen molar-refractivity contribution in [2.75, 3.05) is 12.4 Å². The minimum absolute atomic E-state index is 0.0263. The lowest BCUT2D eigenvalue weighted by Crippen LogP contribution is -2.54. The smallest absolute Gasteiger partial charge is 0.407 e. The van der Waals surface area contributed by atoms with Gasteiger partial charge in [-0.3, -0.25) is 4.79 Å². The van der Waals surface area contributed by atoms with Crippen molar-refractivity contribution in [1.29, 1.82) is 0 Å². The monoisotopic (exact) mass is 330 g/mol. The Morgan fingerprint density at radius 2 is 2.05 bits per heavy atom. The molecule has 1 aliphatic carbocycles. The molecule has 1 saturated carbocycles. The highest BCUT2D eigenvalue weighted by molar-refractivity contribution is 6.18. The fourth-order valence-corrected chi connectivity index (χ4v) is 3.55. The summed E-state index contributed by atoms with van der Waals surface area (Å²) in [6, 6.07) is 0.0450. The number of likely N-dealkylation sites (tertiary alicyclic amines) is 1. The predicted octanol–water partition coefficient (Wildman–Crippen LogP) is 2.91. The molecule has 1 saturated heterocycles. The van der Waals surface area contributed by atoms with Gasteiger partial charge in [-0.25, -0.2) is 4.79 Å². The lowest BCUT2D eigenvalue weighted by Gasteiger charge is -2.38. The van der Waals surface area contributed by atoms with E-state index in [2.05, 4.69) is 5.32 Å². The summed E-state index contributed by atoms with van der Waals surface area (Å²) in [6.07, 6.45) is 4.11. The van der Waals surface area contributed by atoms with E-state index in [0.29, 0.717) is 18.8 Å². The third kappa shape index (κ3) is 4.51. The first kappa shape index (κ1) is 17.4. The van der Waals surface area contributed by atoms with Crippen LogP contribution in [-0.4, -0.2) is 47.0 Å². The van der Waals surface area contributed by atoms with E-state index in [1.54, 1.807) is 0 Å². The summed E-state index contributed by atoms with van der Waals surface area (Å²) >= 11 is 5.90. The number of hydrogen-bond donors (Lipinski definition) is 1. The largest absolute Gasteiger partial charge is 0.444 e. The van der Waals surface area contributed by atoms with E-state index in [9.17, 15) is 9.59 Å². The lowest BCUT2D eigenvalue weighted by molar-refractivity contribution is -0.130. The van der Waals surface area contributed by atoms with Gasteiger partial charge in [-0.15, -0.1) is 11.6 Å². The maximum atomic E-state index is 12.2. The van der Waals surface area contributed by atoms with Gasteiger partial charge in [0.25, 0.3) is 0 Å². The van der Waals surface area contributed by atoms with Crippen LogP contribution in [0.15, 0.2) is 0 Å². The van der Waals surface area contributed by atoms with Crippen molar-refractivity contribution in [2.45, 2.75) is 70.6 Å². The number of carbonyl (C=O) groups is 2. The number of nitrogens with zero attached hydrogens (tertiary/aromatic N) is 1. The minimum atomic E-state index is -0.512. The molecule has 3 unspecified atom stereocenters. The van der Waals surface area contributed by atoms with Crippen LogP contribution in [0.3, 0.4) is 0 Å². The van der Waals surface area contributed by atoms with Crippen molar-refractivity contribution >= 4 is 23.6 Å². The molecule has 2 fully saturated rings. The Morgan fingerprint density at radius 1 is 1.36 bits per heavy atom. The van der Waals surface area contributed by atoms with Gasteiger partial charge in [0.05, 0.1) is 12.1 Å². The highest BCUT2D eigenvalue weighted by atomic mass is 35.5. The summed E-state index contributed by atoms with van der Waals surface area (Å²) in [7, 11) is 0. The average molecular weight is 331 g/mol. The Kier molecular flexibility index (Phi) is 5.59. The molecule has 22 heavy (non-hydrogen) atoms. The van der Waals surface area contributed by atoms with Crippen molar-refractivity contribution < 1.29 is 14.3 Å². The van der Waals surface area contributed by atoms with Gasteiger partial charge >= 0.3 is 6.09 Å². The van der Waals surface area contributed by atoms with E-state index in [4.69, 9.17) is 16.3 Å². The van der Waals surface area contributed by atoms with Crippen LogP contribution in [0.4, 0.5) is 4.79 Å². The molecule has 6 heteroatoms. The Labute approximate surface area is 137 Å². The average Bonchev–Trinajstić information content (AvgIpc) is 2.78. The van der Waals surface area contributed by atoms with E-state index < -0.39 is 11.7 Å². The van der Waals surface area contributed by atoms with Gasteiger partial charge in [0.2, 0.25) is 5.91 Å². The molecule has 0 bridgehead atoms. The lowest BCUT2D eigenvalue weighted by atomic mass is 9.89. The Balaban J connectivity index is 1.99. The number of amides is 2. The van der Waals surface area contributed by atoms with E-state index in [1.807, 2.05) is 25.7 Å². The molecule has 2 aliphatic rings. The van der Waals surface area contributed by atoms with Gasteiger partial charge in [0.1, 0.15) is 5.60 Å². The first-order chi connectivity index (χ1) is 10.3. The number of carbonyl (C=O) groups excluding carboxylic acids is 2. The van der Waals surface area contributed by atoms with Crippen LogP contribution in [0, 0.1) is 5.92 Å². The van der Waals surface area contributed by atoms with Crippen molar-refractivity contribution in [3.63, 3.8) is 0 Å². The summed E-state index contributed by atoms with van der Waals surface area (Å²) in [5.41, 5.74) is -0.512. The Hall–Kier alpha value is -0.970. The van der Waals surface area contributed by atoms with Gasteiger partial charge < -0.3 is 15.0 Å². The van der Waals surface area contributed by atoms with Crippen molar-refractivity contribution in [1.82, 2.24) is 10.2 Å². The summed E-state index contributed by atoms with van der Waals surface area (Å²) < 4.78 is 5.35. The molecule has 3 atom stereocenters. The van der Waals surface area contributed by atoms with Crippen molar-refractivity contribution in [3.8, 4) is 0 Å². The zero-order valence-electron chi connectivity index (χ0n) is 13.7. The van der Waals surface area contributed by atoms with Crippen LogP contribution in [0.25, 0.3) is 0 Å². The predicted molar refractivity (Wildman–Crippen MR) is 86.0 cm³/mol. The highest BCUT2D eigenvalue weighted by Gasteiger charge is 2.39. The van der Waals surface area contributed by atoms with Crippen molar-refractivity contribution in [3.05, 3.63) is 0 Å². The molecule has 1 N–H and O–H groups in total. The van der Waals surface area contributed by atoms with Crippen molar-refractivity contribution in [2.24, 2.45) is 5.92 Å². The Morgan fingerprint density at radius 3 is 2.64 bits per heavy atom. The molecule has 1 heterocycles. The van der Waals surface area contributed by atoms with E-state index in [-0.39, 0.29) is 23.9 Å². The second-order valence-electron chi connectivity index (χ2n) is 7.38.